The van der Waals surface area contributed by atoms with Crippen molar-refractivity contribution >= 4 is 40.7 Å². The fourth-order valence-corrected chi connectivity index (χ4v) is 3.53. The highest BCUT2D eigenvalue weighted by Crippen LogP contribution is 2.31. The van der Waals surface area contributed by atoms with Gasteiger partial charge in [0.25, 0.3) is 11.8 Å². The lowest BCUT2D eigenvalue weighted by molar-refractivity contribution is -0.123. The first kappa shape index (κ1) is 18.1. The Morgan fingerprint density at radius 3 is 2.61 bits per heavy atom. The van der Waals surface area contributed by atoms with Crippen LogP contribution in [0.5, 0.6) is 0 Å². The van der Waals surface area contributed by atoms with Gasteiger partial charge >= 0.3 is 0 Å². The summed E-state index contributed by atoms with van der Waals surface area (Å²) < 4.78 is 0. The van der Waals surface area contributed by atoms with Crippen LogP contribution < -0.4 is 10.2 Å². The molecule has 4 rings (SSSR count). The average Bonchev–Trinajstić information content (AvgIpc) is 3.18. The molecule has 1 saturated heterocycles. The van der Waals surface area contributed by atoms with Crippen LogP contribution in [0.4, 0.5) is 11.4 Å². The molecule has 0 bridgehead atoms. The van der Waals surface area contributed by atoms with Crippen LogP contribution >= 0.6 is 11.6 Å². The molecule has 2 aromatic rings. The Morgan fingerprint density at radius 1 is 1.14 bits per heavy atom. The Kier molecular flexibility index (Phi) is 4.56. The smallest absolute Gasteiger partial charge is 0.263 e. The highest BCUT2D eigenvalue weighted by Gasteiger charge is 2.55. The van der Waals surface area contributed by atoms with Crippen LogP contribution in [-0.2, 0) is 14.4 Å². The topological polar surface area (TPSA) is 94.4 Å². The Balaban J connectivity index is 1.48. The third-order valence-corrected chi connectivity index (χ3v) is 4.89. The standard InChI is InChI=1S/C19H16ClN5O3/c1-11-7-8-14(13(20)9-11)21-15(26)10-24-17-16(22-23-24)18(27)25(19(17)28)12-5-3-2-4-6-12/h2-9,16-17H,10H2,1H3,(H,21,26)/t16-,17+/m0/s1. The van der Waals surface area contributed by atoms with Crippen LogP contribution in [0.15, 0.2) is 58.9 Å². The summed E-state index contributed by atoms with van der Waals surface area (Å²) in [5.41, 5.74) is 1.90. The second-order valence-electron chi connectivity index (χ2n) is 6.57. The Hall–Kier alpha value is -3.26. The number of anilines is 2. The maximum Gasteiger partial charge on any atom is 0.263 e. The quantitative estimate of drug-likeness (QED) is 0.802. The first-order chi connectivity index (χ1) is 13.5. The number of carbonyl (C=O) groups excluding carboxylic acids is 3. The molecule has 0 spiro atoms. The number of fused-ring (bicyclic) bond motifs is 1. The molecule has 0 radical (unpaired) electrons. The monoisotopic (exact) mass is 397 g/mol. The van der Waals surface area contributed by atoms with Crippen molar-refractivity contribution < 1.29 is 14.4 Å². The van der Waals surface area contributed by atoms with E-state index in [4.69, 9.17) is 11.6 Å². The number of aryl methyl sites for hydroxylation is 1. The molecular formula is C19H16ClN5O3. The zero-order valence-electron chi connectivity index (χ0n) is 14.9. The van der Waals surface area contributed by atoms with Crippen LogP contribution in [-0.4, -0.2) is 41.4 Å². The van der Waals surface area contributed by atoms with E-state index in [0.717, 1.165) is 10.5 Å². The molecule has 2 atom stereocenters. The van der Waals surface area contributed by atoms with E-state index in [1.165, 1.54) is 5.01 Å². The number of nitrogens with zero attached hydrogens (tertiary/aromatic N) is 4. The second-order valence-corrected chi connectivity index (χ2v) is 6.98. The van der Waals surface area contributed by atoms with E-state index in [0.29, 0.717) is 16.4 Å². The molecular weight excluding hydrogens is 382 g/mol. The minimum absolute atomic E-state index is 0.226. The summed E-state index contributed by atoms with van der Waals surface area (Å²) in [6.07, 6.45) is 0. The van der Waals surface area contributed by atoms with Gasteiger partial charge in [0.05, 0.1) is 16.4 Å². The molecule has 142 valence electrons. The number of benzene rings is 2. The zero-order valence-corrected chi connectivity index (χ0v) is 15.6. The molecule has 1 fully saturated rings. The maximum atomic E-state index is 12.8. The predicted octanol–water partition coefficient (Wildman–Crippen LogP) is 2.58. The van der Waals surface area contributed by atoms with E-state index in [2.05, 4.69) is 15.7 Å². The molecule has 0 aromatic heterocycles. The fraction of sp³-hybridized carbons (Fsp3) is 0.211. The molecule has 0 aliphatic carbocycles. The number of hydrogen-bond donors (Lipinski definition) is 1. The van der Waals surface area contributed by atoms with Crippen molar-refractivity contribution in [2.75, 3.05) is 16.8 Å². The lowest BCUT2D eigenvalue weighted by Gasteiger charge is -2.20. The van der Waals surface area contributed by atoms with Crippen LogP contribution in [0.25, 0.3) is 0 Å². The highest BCUT2D eigenvalue weighted by molar-refractivity contribution is 6.33. The van der Waals surface area contributed by atoms with Gasteiger partial charge in [-0.15, -0.1) is 0 Å². The van der Waals surface area contributed by atoms with Crippen LogP contribution in [0.3, 0.4) is 0 Å². The molecule has 0 unspecified atom stereocenters. The Bertz CT molecular complexity index is 994. The lowest BCUT2D eigenvalue weighted by atomic mass is 10.1. The first-order valence-corrected chi connectivity index (χ1v) is 9.00. The van der Waals surface area contributed by atoms with Crippen molar-refractivity contribution in [2.24, 2.45) is 10.3 Å². The second kappa shape index (κ2) is 7.05. The van der Waals surface area contributed by atoms with Gasteiger partial charge in [-0.05, 0) is 36.8 Å². The number of imide groups is 1. The van der Waals surface area contributed by atoms with Gasteiger partial charge in [-0.2, -0.15) is 5.11 Å². The first-order valence-electron chi connectivity index (χ1n) is 8.62. The molecule has 2 aliphatic heterocycles. The summed E-state index contributed by atoms with van der Waals surface area (Å²) in [7, 11) is 0. The Morgan fingerprint density at radius 2 is 1.89 bits per heavy atom. The van der Waals surface area contributed by atoms with Crippen molar-refractivity contribution in [3.63, 3.8) is 0 Å². The summed E-state index contributed by atoms with van der Waals surface area (Å²) in [6.45, 7) is 1.67. The van der Waals surface area contributed by atoms with Crippen molar-refractivity contribution in [3.8, 4) is 0 Å². The van der Waals surface area contributed by atoms with Crippen molar-refractivity contribution in [3.05, 3.63) is 59.1 Å². The Labute approximate surface area is 165 Å². The summed E-state index contributed by atoms with van der Waals surface area (Å²) in [6, 6.07) is 12.0. The van der Waals surface area contributed by atoms with E-state index in [9.17, 15) is 14.4 Å². The van der Waals surface area contributed by atoms with E-state index in [1.807, 2.05) is 13.0 Å². The minimum Gasteiger partial charge on any atom is -0.323 e. The number of nitrogens with one attached hydrogen (secondary N) is 1. The van der Waals surface area contributed by atoms with E-state index < -0.39 is 29.8 Å². The van der Waals surface area contributed by atoms with Crippen LogP contribution in [0.2, 0.25) is 5.02 Å². The van der Waals surface area contributed by atoms with Crippen molar-refractivity contribution in [2.45, 2.75) is 19.0 Å². The van der Waals surface area contributed by atoms with Gasteiger partial charge in [0.1, 0.15) is 6.54 Å². The van der Waals surface area contributed by atoms with Crippen molar-refractivity contribution in [1.82, 2.24) is 5.01 Å². The number of halogens is 1. The van der Waals surface area contributed by atoms with E-state index >= 15 is 0 Å². The third-order valence-electron chi connectivity index (χ3n) is 4.58. The van der Waals surface area contributed by atoms with Crippen molar-refractivity contribution in [1.29, 1.82) is 0 Å². The summed E-state index contributed by atoms with van der Waals surface area (Å²) in [4.78, 5) is 38.9. The molecule has 2 aliphatic rings. The van der Waals surface area contributed by atoms with Gasteiger partial charge < -0.3 is 5.32 Å². The summed E-state index contributed by atoms with van der Waals surface area (Å²) in [5, 5.41) is 12.1. The summed E-state index contributed by atoms with van der Waals surface area (Å²) in [5.74, 6) is -1.31. The number of hydrogen-bond acceptors (Lipinski definition) is 6. The number of amides is 3. The van der Waals surface area contributed by atoms with Gasteiger partial charge in [-0.1, -0.05) is 41.1 Å². The zero-order chi connectivity index (χ0) is 19.8. The van der Waals surface area contributed by atoms with E-state index in [-0.39, 0.29) is 6.54 Å². The molecule has 28 heavy (non-hydrogen) atoms. The molecule has 1 N–H and O–H groups in total. The SMILES string of the molecule is Cc1ccc(NC(=O)CN2N=N[C@@H]3C(=O)N(c4ccccc4)C(=O)[C@@H]32)c(Cl)c1. The summed E-state index contributed by atoms with van der Waals surface area (Å²) >= 11 is 6.13. The van der Waals surface area contributed by atoms with Crippen LogP contribution in [0, 0.1) is 6.92 Å². The molecule has 2 aromatic carbocycles. The average molecular weight is 398 g/mol. The molecule has 0 saturated carbocycles. The van der Waals surface area contributed by atoms with Gasteiger partial charge in [0.2, 0.25) is 5.91 Å². The van der Waals surface area contributed by atoms with Gasteiger partial charge in [0, 0.05) is 0 Å². The number of rotatable bonds is 4. The largest absolute Gasteiger partial charge is 0.323 e. The lowest BCUT2D eigenvalue weighted by Crippen LogP contribution is -2.43. The van der Waals surface area contributed by atoms with Gasteiger partial charge in [-0.3, -0.25) is 19.4 Å². The molecule has 2 heterocycles. The third kappa shape index (κ3) is 3.11. The number of para-hydroxylation sites is 1. The van der Waals surface area contributed by atoms with E-state index in [1.54, 1.807) is 42.5 Å². The molecule has 9 heteroatoms. The van der Waals surface area contributed by atoms with Gasteiger partial charge in [-0.25, -0.2) is 4.90 Å². The van der Waals surface area contributed by atoms with Crippen LogP contribution in [0.1, 0.15) is 5.56 Å². The molecule has 8 nitrogen and oxygen atoms in total. The fourth-order valence-electron chi connectivity index (χ4n) is 3.24. The van der Waals surface area contributed by atoms with Gasteiger partial charge in [0.15, 0.2) is 12.1 Å². The normalized spacial score (nSPS) is 20.6. The molecule has 3 amide bonds. The predicted molar refractivity (Wildman–Crippen MR) is 103 cm³/mol. The maximum absolute atomic E-state index is 12.8. The number of carbonyl (C=O) groups is 3. The highest BCUT2D eigenvalue weighted by atomic mass is 35.5. The minimum atomic E-state index is -0.941.